The van der Waals surface area contributed by atoms with Gasteiger partial charge in [-0.3, -0.25) is 9.59 Å². The standard InChI is InChI=1S/C16H22ClFN2O2/c1-4-12(5-2)16(22)19-8-9-20(11(3)21)13-6-7-15(18)14(17)10-13/h6-7,10,12H,4-5,8-9H2,1-3H3,(H,19,22). The molecule has 1 aromatic rings. The molecule has 0 saturated heterocycles. The van der Waals surface area contributed by atoms with Gasteiger partial charge in [-0.25, -0.2) is 4.39 Å². The highest BCUT2D eigenvalue weighted by molar-refractivity contribution is 6.31. The highest BCUT2D eigenvalue weighted by Gasteiger charge is 2.16. The second-order valence-electron chi connectivity index (χ2n) is 5.07. The van der Waals surface area contributed by atoms with Crippen molar-refractivity contribution in [3.63, 3.8) is 0 Å². The van der Waals surface area contributed by atoms with Gasteiger partial charge < -0.3 is 10.2 Å². The van der Waals surface area contributed by atoms with E-state index < -0.39 is 5.82 Å². The summed E-state index contributed by atoms with van der Waals surface area (Å²) >= 11 is 5.74. The van der Waals surface area contributed by atoms with Crippen molar-refractivity contribution < 1.29 is 14.0 Å². The van der Waals surface area contributed by atoms with Crippen molar-refractivity contribution in [2.75, 3.05) is 18.0 Å². The van der Waals surface area contributed by atoms with E-state index in [-0.39, 0.29) is 22.8 Å². The number of rotatable bonds is 7. The molecule has 22 heavy (non-hydrogen) atoms. The van der Waals surface area contributed by atoms with Gasteiger partial charge in [0.1, 0.15) is 5.82 Å². The van der Waals surface area contributed by atoms with E-state index in [2.05, 4.69) is 5.32 Å². The predicted octanol–water partition coefficient (Wildman–Crippen LogP) is 3.38. The molecule has 0 atom stereocenters. The number of halogens is 2. The van der Waals surface area contributed by atoms with Gasteiger partial charge >= 0.3 is 0 Å². The van der Waals surface area contributed by atoms with Crippen LogP contribution in [-0.2, 0) is 9.59 Å². The largest absolute Gasteiger partial charge is 0.354 e. The van der Waals surface area contributed by atoms with Gasteiger partial charge in [-0.2, -0.15) is 0 Å². The van der Waals surface area contributed by atoms with Crippen LogP contribution in [0.4, 0.5) is 10.1 Å². The molecule has 0 aliphatic carbocycles. The second kappa shape index (κ2) is 8.73. The molecular formula is C16H22ClFN2O2. The minimum Gasteiger partial charge on any atom is -0.354 e. The normalized spacial score (nSPS) is 10.6. The highest BCUT2D eigenvalue weighted by Crippen LogP contribution is 2.22. The molecule has 0 saturated carbocycles. The van der Waals surface area contributed by atoms with Crippen molar-refractivity contribution in [1.29, 1.82) is 0 Å². The topological polar surface area (TPSA) is 49.4 Å². The van der Waals surface area contributed by atoms with Crippen molar-refractivity contribution in [2.45, 2.75) is 33.6 Å². The molecule has 1 aromatic carbocycles. The Labute approximate surface area is 135 Å². The zero-order chi connectivity index (χ0) is 16.7. The minimum atomic E-state index is -0.532. The quantitative estimate of drug-likeness (QED) is 0.834. The number of carbonyl (C=O) groups is 2. The summed E-state index contributed by atoms with van der Waals surface area (Å²) in [4.78, 5) is 25.1. The third-order valence-corrected chi connectivity index (χ3v) is 3.88. The van der Waals surface area contributed by atoms with Gasteiger partial charge in [0.15, 0.2) is 0 Å². The zero-order valence-electron chi connectivity index (χ0n) is 13.2. The van der Waals surface area contributed by atoms with Crippen molar-refractivity contribution in [3.8, 4) is 0 Å². The van der Waals surface area contributed by atoms with Gasteiger partial charge in [-0.05, 0) is 31.0 Å². The molecule has 1 N–H and O–H groups in total. The Kier molecular flexibility index (Phi) is 7.32. The van der Waals surface area contributed by atoms with Gasteiger partial charge in [-0.1, -0.05) is 25.4 Å². The first-order valence-electron chi connectivity index (χ1n) is 7.41. The van der Waals surface area contributed by atoms with E-state index in [1.807, 2.05) is 13.8 Å². The summed E-state index contributed by atoms with van der Waals surface area (Å²) < 4.78 is 13.2. The molecule has 0 aliphatic rings. The van der Waals surface area contributed by atoms with Gasteiger partial charge in [0.05, 0.1) is 5.02 Å². The van der Waals surface area contributed by atoms with Crippen molar-refractivity contribution in [3.05, 3.63) is 29.0 Å². The Balaban J connectivity index is 2.68. The number of nitrogens with one attached hydrogen (secondary N) is 1. The van der Waals surface area contributed by atoms with Crippen LogP contribution in [-0.4, -0.2) is 24.9 Å². The summed E-state index contributed by atoms with van der Waals surface area (Å²) in [5.41, 5.74) is 0.510. The number of nitrogens with zero attached hydrogens (tertiary/aromatic N) is 1. The van der Waals surface area contributed by atoms with Crippen LogP contribution in [0.3, 0.4) is 0 Å². The molecule has 0 fully saturated rings. The Bertz CT molecular complexity index is 533. The lowest BCUT2D eigenvalue weighted by atomic mass is 10.0. The molecule has 2 amide bonds. The Morgan fingerprint density at radius 3 is 2.45 bits per heavy atom. The van der Waals surface area contributed by atoms with Crippen molar-refractivity contribution >= 4 is 29.1 Å². The number of amides is 2. The lowest BCUT2D eigenvalue weighted by Gasteiger charge is -2.22. The SMILES string of the molecule is CCC(CC)C(=O)NCCN(C(C)=O)c1ccc(F)c(Cl)c1. The van der Waals surface area contributed by atoms with Crippen LogP contribution < -0.4 is 10.2 Å². The molecule has 0 unspecified atom stereocenters. The van der Waals surface area contributed by atoms with Crippen molar-refractivity contribution in [2.24, 2.45) is 5.92 Å². The van der Waals surface area contributed by atoms with E-state index in [9.17, 15) is 14.0 Å². The fourth-order valence-electron chi connectivity index (χ4n) is 2.22. The first-order valence-corrected chi connectivity index (χ1v) is 7.79. The van der Waals surface area contributed by atoms with E-state index in [1.54, 1.807) is 0 Å². The van der Waals surface area contributed by atoms with Crippen LogP contribution in [0.2, 0.25) is 5.02 Å². The fraction of sp³-hybridized carbons (Fsp3) is 0.500. The Hall–Kier alpha value is -1.62. The minimum absolute atomic E-state index is 0.00829. The predicted molar refractivity (Wildman–Crippen MR) is 86.5 cm³/mol. The summed E-state index contributed by atoms with van der Waals surface area (Å²) in [5, 5.41) is 2.79. The van der Waals surface area contributed by atoms with E-state index in [0.29, 0.717) is 18.8 Å². The van der Waals surface area contributed by atoms with Gasteiger partial charge in [-0.15, -0.1) is 0 Å². The van der Waals surface area contributed by atoms with E-state index in [4.69, 9.17) is 11.6 Å². The monoisotopic (exact) mass is 328 g/mol. The summed E-state index contributed by atoms with van der Waals surface area (Å²) in [6.07, 6.45) is 1.57. The third kappa shape index (κ3) is 4.98. The maximum atomic E-state index is 13.2. The van der Waals surface area contributed by atoms with Crippen LogP contribution in [0.5, 0.6) is 0 Å². The second-order valence-corrected chi connectivity index (χ2v) is 5.48. The van der Waals surface area contributed by atoms with Crippen LogP contribution in [0.15, 0.2) is 18.2 Å². The average Bonchev–Trinajstić information content (AvgIpc) is 2.47. The maximum Gasteiger partial charge on any atom is 0.223 e. The number of benzene rings is 1. The average molecular weight is 329 g/mol. The maximum absolute atomic E-state index is 13.2. The first kappa shape index (κ1) is 18.4. The van der Waals surface area contributed by atoms with Gasteiger partial charge in [0.2, 0.25) is 11.8 Å². The number of carbonyl (C=O) groups excluding carboxylic acids is 2. The molecule has 0 aliphatic heterocycles. The zero-order valence-corrected chi connectivity index (χ0v) is 13.9. The Morgan fingerprint density at radius 2 is 1.95 bits per heavy atom. The fourth-order valence-corrected chi connectivity index (χ4v) is 2.39. The van der Waals surface area contributed by atoms with E-state index in [1.165, 1.54) is 30.0 Å². The molecule has 0 spiro atoms. The van der Waals surface area contributed by atoms with Gasteiger partial charge in [0.25, 0.3) is 0 Å². The molecule has 6 heteroatoms. The van der Waals surface area contributed by atoms with Crippen LogP contribution in [0, 0.1) is 11.7 Å². The van der Waals surface area contributed by atoms with Gasteiger partial charge in [0, 0.05) is 31.6 Å². The molecule has 0 radical (unpaired) electrons. The Morgan fingerprint density at radius 1 is 1.32 bits per heavy atom. The molecule has 0 bridgehead atoms. The smallest absolute Gasteiger partial charge is 0.223 e. The van der Waals surface area contributed by atoms with Crippen LogP contribution >= 0.6 is 11.6 Å². The molecule has 0 heterocycles. The summed E-state index contributed by atoms with van der Waals surface area (Å²) in [6, 6.07) is 4.11. The molecule has 122 valence electrons. The molecule has 4 nitrogen and oxygen atoms in total. The molecule has 0 aromatic heterocycles. The molecule has 1 rings (SSSR count). The lowest BCUT2D eigenvalue weighted by Crippen LogP contribution is -2.39. The van der Waals surface area contributed by atoms with Crippen LogP contribution in [0.1, 0.15) is 33.6 Å². The molecular weight excluding hydrogens is 307 g/mol. The van der Waals surface area contributed by atoms with E-state index in [0.717, 1.165) is 12.8 Å². The number of hydrogen-bond donors (Lipinski definition) is 1. The number of hydrogen-bond acceptors (Lipinski definition) is 2. The third-order valence-electron chi connectivity index (χ3n) is 3.59. The first-order chi connectivity index (χ1) is 10.4. The highest BCUT2D eigenvalue weighted by atomic mass is 35.5. The summed E-state index contributed by atoms with van der Waals surface area (Å²) in [6.45, 7) is 6.00. The summed E-state index contributed by atoms with van der Waals surface area (Å²) in [7, 11) is 0. The van der Waals surface area contributed by atoms with Crippen molar-refractivity contribution in [1.82, 2.24) is 5.32 Å². The van der Waals surface area contributed by atoms with Crippen LogP contribution in [0.25, 0.3) is 0 Å². The lowest BCUT2D eigenvalue weighted by molar-refractivity contribution is -0.125. The number of anilines is 1. The van der Waals surface area contributed by atoms with E-state index >= 15 is 0 Å². The summed E-state index contributed by atoms with van der Waals surface area (Å²) in [5.74, 6) is -0.743.